The quantitative estimate of drug-likeness (QED) is 0.160. The predicted octanol–water partition coefficient (Wildman–Crippen LogP) is 14.3. The lowest BCUT2D eigenvalue weighted by Crippen LogP contribution is -2.62. The molecule has 0 fully saturated rings. The van der Waals surface area contributed by atoms with E-state index in [0.29, 0.717) is 0 Å². The number of rotatable bonds is 2. The molecule has 0 bridgehead atoms. The minimum atomic E-state index is 0.00246. The molecule has 0 atom stereocenters. The van der Waals surface area contributed by atoms with E-state index in [2.05, 4.69) is 200 Å². The van der Waals surface area contributed by atoms with Crippen molar-refractivity contribution >= 4 is 57.2 Å². The van der Waals surface area contributed by atoms with Crippen molar-refractivity contribution in [2.75, 3.05) is 9.80 Å². The van der Waals surface area contributed by atoms with Crippen LogP contribution >= 0.6 is 0 Å². The topological polar surface area (TPSA) is 6.48 Å². The van der Waals surface area contributed by atoms with Crippen LogP contribution in [0.25, 0.3) is 0 Å². The van der Waals surface area contributed by atoms with Gasteiger partial charge in [-0.2, -0.15) is 0 Å². The molecule has 5 aliphatic rings. The maximum absolute atomic E-state index is 2.71. The Balaban J connectivity index is 1.33. The summed E-state index contributed by atoms with van der Waals surface area (Å²) in [5, 5.41) is 0. The van der Waals surface area contributed by atoms with Gasteiger partial charge in [0.2, 0.25) is 0 Å². The lowest BCUT2D eigenvalue weighted by Gasteiger charge is -2.48. The predicted molar refractivity (Wildman–Crippen MR) is 270 cm³/mol. The molecule has 0 N–H and O–H groups in total. The van der Waals surface area contributed by atoms with Crippen molar-refractivity contribution in [2.24, 2.45) is 0 Å². The van der Waals surface area contributed by atoms with Crippen LogP contribution in [0.4, 0.5) is 34.1 Å². The molecule has 0 saturated carbocycles. The molecule has 5 aromatic rings. The molecular formula is C59H73BN2. The molecule has 0 aromatic heterocycles. The maximum atomic E-state index is 2.71. The third-order valence-corrected chi connectivity index (χ3v) is 17.1. The zero-order valence-electron chi connectivity index (χ0n) is 41.4. The maximum Gasteiger partial charge on any atom is 0.252 e. The van der Waals surface area contributed by atoms with Gasteiger partial charge < -0.3 is 9.80 Å². The summed E-state index contributed by atoms with van der Waals surface area (Å²) in [5.41, 5.74) is 26.0. The van der Waals surface area contributed by atoms with Crippen molar-refractivity contribution in [1.29, 1.82) is 0 Å². The molecule has 3 heteroatoms. The van der Waals surface area contributed by atoms with Gasteiger partial charge in [0.15, 0.2) is 0 Å². The molecule has 0 amide bonds. The Bertz CT molecular complexity index is 2750. The summed E-state index contributed by atoms with van der Waals surface area (Å²) in [5.74, 6) is 0. The molecule has 10 rings (SSSR count). The summed E-state index contributed by atoms with van der Waals surface area (Å²) in [7, 11) is 0. The number of anilines is 6. The first kappa shape index (κ1) is 41.8. The number of nitrogens with zero attached hydrogens (tertiary/aromatic N) is 2. The average Bonchev–Trinajstić information content (AvgIpc) is 3.35. The van der Waals surface area contributed by atoms with Gasteiger partial charge in [-0.1, -0.05) is 134 Å². The van der Waals surface area contributed by atoms with E-state index in [1.54, 1.807) is 0 Å². The van der Waals surface area contributed by atoms with E-state index in [9.17, 15) is 0 Å². The molecule has 2 aliphatic heterocycles. The normalized spacial score (nSPS) is 21.3. The lowest BCUT2D eigenvalue weighted by molar-refractivity contribution is 0.332. The minimum absolute atomic E-state index is 0.00246. The highest BCUT2D eigenvalue weighted by molar-refractivity contribution is 7.00. The van der Waals surface area contributed by atoms with Crippen LogP contribution in [0, 0.1) is 13.8 Å². The number of hydrogen-bond donors (Lipinski definition) is 0. The van der Waals surface area contributed by atoms with Gasteiger partial charge in [-0.15, -0.1) is 0 Å². The fraction of sp³-hybridized carbons (Fsp3) is 0.492. The Kier molecular flexibility index (Phi) is 8.57. The van der Waals surface area contributed by atoms with Crippen molar-refractivity contribution in [3.8, 4) is 0 Å². The van der Waals surface area contributed by atoms with Crippen LogP contribution in [0.1, 0.15) is 186 Å². The monoisotopic (exact) mass is 821 g/mol. The van der Waals surface area contributed by atoms with Crippen LogP contribution in [0.5, 0.6) is 0 Å². The number of aryl methyl sites for hydroxylation is 2. The zero-order chi connectivity index (χ0) is 44.6. The summed E-state index contributed by atoms with van der Waals surface area (Å²) < 4.78 is 0. The Morgan fingerprint density at radius 1 is 0.435 bits per heavy atom. The van der Waals surface area contributed by atoms with E-state index < -0.39 is 0 Å². The first-order chi connectivity index (χ1) is 28.6. The van der Waals surface area contributed by atoms with Gasteiger partial charge in [0.25, 0.3) is 6.71 Å². The highest BCUT2D eigenvalue weighted by atomic mass is 15.2. The third kappa shape index (κ3) is 5.94. The van der Waals surface area contributed by atoms with E-state index in [0.717, 1.165) is 6.42 Å². The molecule has 0 saturated heterocycles. The Labute approximate surface area is 376 Å². The van der Waals surface area contributed by atoms with Crippen molar-refractivity contribution in [1.82, 2.24) is 0 Å². The molecule has 2 nitrogen and oxygen atoms in total. The molecule has 0 unspecified atom stereocenters. The van der Waals surface area contributed by atoms with Crippen LogP contribution in [0.3, 0.4) is 0 Å². The van der Waals surface area contributed by atoms with Crippen molar-refractivity contribution in [3.63, 3.8) is 0 Å². The van der Waals surface area contributed by atoms with Gasteiger partial charge in [-0.25, -0.2) is 0 Å². The van der Waals surface area contributed by atoms with Crippen LogP contribution in [0.15, 0.2) is 72.8 Å². The first-order valence-corrected chi connectivity index (χ1v) is 24.0. The van der Waals surface area contributed by atoms with E-state index in [-0.39, 0.29) is 44.6 Å². The van der Waals surface area contributed by atoms with Gasteiger partial charge in [0, 0.05) is 34.1 Å². The SMILES string of the molecule is Cc1cc2c3c(c1)N(c1cc4c(cc1C)C(C)(C)CC4(C)C)c1cc(C(C)(C)C)ccc1B3c1cc3c(cc1N2c1ccc2c(c1)C(C)(C)CCC2(C)C)C(C)(C)CCC3(C)C. The van der Waals surface area contributed by atoms with Crippen molar-refractivity contribution in [2.45, 2.75) is 188 Å². The van der Waals surface area contributed by atoms with Crippen LogP contribution in [0.2, 0.25) is 0 Å². The highest BCUT2D eigenvalue weighted by Gasteiger charge is 2.49. The molecule has 5 aromatic carbocycles. The second-order valence-corrected chi connectivity index (χ2v) is 25.7. The van der Waals surface area contributed by atoms with Gasteiger partial charge in [0.1, 0.15) is 0 Å². The standard InChI is InChI=1S/C59H73BN2/c1-35-26-50-52-51(27-35)62(47-32-44-40(28-36(47)2)58(14,15)34-59(44,16)17)48-29-37(53(3,4)5)18-21-45(48)60(52)46-31-42-43(57(12,13)25-24-56(42,10)11)33-49(46)61(50)38-19-20-39-41(30-38)55(8,9)23-22-54(39,6)7/h18-21,26-33H,22-25,34H2,1-17H3. The highest BCUT2D eigenvalue weighted by Crippen LogP contribution is 2.55. The van der Waals surface area contributed by atoms with Gasteiger partial charge in [-0.05, 0) is 193 Å². The van der Waals surface area contributed by atoms with E-state index in [4.69, 9.17) is 0 Å². The van der Waals surface area contributed by atoms with Gasteiger partial charge in [0.05, 0.1) is 0 Å². The Morgan fingerprint density at radius 2 is 0.919 bits per heavy atom. The molecule has 322 valence electrons. The summed E-state index contributed by atoms with van der Waals surface area (Å²) in [6.07, 6.45) is 5.95. The number of benzene rings is 5. The summed E-state index contributed by atoms with van der Waals surface area (Å²) in [4.78, 5) is 5.42. The number of hydrogen-bond acceptors (Lipinski definition) is 2. The van der Waals surface area contributed by atoms with Crippen LogP contribution < -0.4 is 26.2 Å². The average molecular weight is 821 g/mol. The Hall–Kier alpha value is -4.24. The van der Waals surface area contributed by atoms with E-state index in [1.165, 1.54) is 126 Å². The molecule has 0 spiro atoms. The Morgan fingerprint density at radius 3 is 1.52 bits per heavy atom. The van der Waals surface area contributed by atoms with Gasteiger partial charge in [-0.3, -0.25) is 0 Å². The second kappa shape index (κ2) is 12.7. The molecule has 0 radical (unpaired) electrons. The van der Waals surface area contributed by atoms with Crippen molar-refractivity contribution < 1.29 is 0 Å². The molecular weight excluding hydrogens is 747 g/mol. The second-order valence-electron chi connectivity index (χ2n) is 25.7. The zero-order valence-corrected chi connectivity index (χ0v) is 41.4. The fourth-order valence-corrected chi connectivity index (χ4v) is 13.3. The van der Waals surface area contributed by atoms with Gasteiger partial charge >= 0.3 is 0 Å². The van der Waals surface area contributed by atoms with E-state index >= 15 is 0 Å². The molecule has 2 heterocycles. The van der Waals surface area contributed by atoms with E-state index in [1.807, 2.05) is 0 Å². The van der Waals surface area contributed by atoms with Crippen LogP contribution in [-0.4, -0.2) is 6.71 Å². The fourth-order valence-electron chi connectivity index (χ4n) is 13.3. The first-order valence-electron chi connectivity index (χ1n) is 24.0. The summed E-state index contributed by atoms with van der Waals surface area (Å²) >= 11 is 0. The largest absolute Gasteiger partial charge is 0.311 e. The minimum Gasteiger partial charge on any atom is -0.311 e. The van der Waals surface area contributed by atoms with Crippen molar-refractivity contribution in [3.05, 3.63) is 123 Å². The number of fused-ring (bicyclic) bond motifs is 7. The smallest absolute Gasteiger partial charge is 0.252 e. The third-order valence-electron chi connectivity index (χ3n) is 17.1. The van der Waals surface area contributed by atoms with Crippen LogP contribution in [-0.2, 0) is 37.9 Å². The molecule has 3 aliphatic carbocycles. The summed E-state index contributed by atoms with van der Waals surface area (Å²) in [6, 6.07) is 30.6. The lowest BCUT2D eigenvalue weighted by atomic mass is 9.33. The molecule has 62 heavy (non-hydrogen) atoms. The summed E-state index contributed by atoms with van der Waals surface area (Å²) in [6.45, 7) is 41.5.